The summed E-state index contributed by atoms with van der Waals surface area (Å²) >= 11 is 0. The van der Waals surface area contributed by atoms with Crippen LogP contribution in [0.4, 0.5) is 5.69 Å². The molecule has 0 heterocycles. The fraction of sp³-hybridized carbons (Fsp3) is 0.182. The van der Waals surface area contributed by atoms with Crippen LogP contribution >= 0.6 is 0 Å². The van der Waals surface area contributed by atoms with Gasteiger partial charge in [0.15, 0.2) is 0 Å². The van der Waals surface area contributed by atoms with Gasteiger partial charge in [0.1, 0.15) is 0 Å². The van der Waals surface area contributed by atoms with E-state index in [-0.39, 0.29) is 5.69 Å². The summed E-state index contributed by atoms with van der Waals surface area (Å²) in [5.74, 6) is 0. The van der Waals surface area contributed by atoms with Crippen molar-refractivity contribution in [1.82, 2.24) is 0 Å². The van der Waals surface area contributed by atoms with Crippen molar-refractivity contribution in [2.45, 2.75) is 13.3 Å². The fourth-order valence-electron chi connectivity index (χ4n) is 1.20. The molecular formula is C11H10N2O2. The highest BCUT2D eigenvalue weighted by Crippen LogP contribution is 2.18. The number of hydrogen-bond donors (Lipinski definition) is 0. The fourth-order valence-corrected chi connectivity index (χ4v) is 1.20. The van der Waals surface area contributed by atoms with Gasteiger partial charge in [-0.15, -0.1) is 0 Å². The average molecular weight is 202 g/mol. The molecule has 1 aromatic rings. The van der Waals surface area contributed by atoms with Gasteiger partial charge in [0, 0.05) is 12.1 Å². The lowest BCUT2D eigenvalue weighted by Crippen LogP contribution is -1.89. The molecule has 0 aromatic heterocycles. The van der Waals surface area contributed by atoms with E-state index in [0.29, 0.717) is 6.42 Å². The molecule has 4 nitrogen and oxygen atoms in total. The molecule has 0 fully saturated rings. The van der Waals surface area contributed by atoms with Gasteiger partial charge in [-0.3, -0.25) is 10.1 Å². The first-order valence-corrected chi connectivity index (χ1v) is 4.43. The lowest BCUT2D eigenvalue weighted by atomic mass is 10.1. The van der Waals surface area contributed by atoms with Crippen LogP contribution in [0.5, 0.6) is 0 Å². The normalized spacial score (nSPS) is 10.1. The van der Waals surface area contributed by atoms with E-state index in [9.17, 15) is 10.1 Å². The third kappa shape index (κ3) is 2.92. The standard InChI is InChI=1S/C11H10N2O2/c1-9-8-11(13(14)15)6-5-10(9)4-2-3-7-12/h2,4-6,8H,3H2,1H3. The van der Waals surface area contributed by atoms with Crippen molar-refractivity contribution >= 4 is 11.8 Å². The molecule has 76 valence electrons. The van der Waals surface area contributed by atoms with Gasteiger partial charge in [-0.05, 0) is 24.1 Å². The second-order valence-corrected chi connectivity index (χ2v) is 3.06. The molecule has 0 saturated carbocycles. The molecule has 0 N–H and O–H groups in total. The van der Waals surface area contributed by atoms with Crippen LogP contribution in [0.15, 0.2) is 24.3 Å². The molecule has 1 aromatic carbocycles. The number of nitrogens with zero attached hydrogens (tertiary/aromatic N) is 2. The van der Waals surface area contributed by atoms with Crippen LogP contribution in [0.3, 0.4) is 0 Å². The number of rotatable bonds is 3. The van der Waals surface area contributed by atoms with E-state index in [4.69, 9.17) is 5.26 Å². The van der Waals surface area contributed by atoms with Crippen molar-refractivity contribution in [3.8, 4) is 6.07 Å². The number of nitriles is 1. The van der Waals surface area contributed by atoms with Crippen molar-refractivity contribution in [2.24, 2.45) is 0 Å². The van der Waals surface area contributed by atoms with Gasteiger partial charge in [0.25, 0.3) is 5.69 Å². The maximum Gasteiger partial charge on any atom is 0.269 e. The largest absolute Gasteiger partial charge is 0.269 e. The Morgan fingerprint density at radius 3 is 2.87 bits per heavy atom. The van der Waals surface area contributed by atoms with E-state index in [1.807, 2.05) is 6.07 Å². The first-order valence-electron chi connectivity index (χ1n) is 4.43. The molecule has 15 heavy (non-hydrogen) atoms. The minimum absolute atomic E-state index is 0.0879. The van der Waals surface area contributed by atoms with E-state index in [1.54, 1.807) is 25.1 Å². The quantitative estimate of drug-likeness (QED) is 0.559. The van der Waals surface area contributed by atoms with E-state index in [2.05, 4.69) is 0 Å². The first-order chi connectivity index (χ1) is 7.15. The molecule has 0 spiro atoms. The summed E-state index contributed by atoms with van der Waals surface area (Å²) in [5, 5.41) is 18.8. The monoisotopic (exact) mass is 202 g/mol. The Morgan fingerprint density at radius 1 is 1.60 bits per heavy atom. The number of nitro benzene ring substituents is 1. The topological polar surface area (TPSA) is 66.9 Å². The Hall–Kier alpha value is -2.15. The van der Waals surface area contributed by atoms with Crippen LogP contribution < -0.4 is 0 Å². The predicted molar refractivity (Wildman–Crippen MR) is 57.1 cm³/mol. The molecule has 0 aliphatic carbocycles. The van der Waals surface area contributed by atoms with Crippen LogP contribution in [-0.2, 0) is 0 Å². The van der Waals surface area contributed by atoms with Gasteiger partial charge in [-0.1, -0.05) is 12.2 Å². The zero-order chi connectivity index (χ0) is 11.3. The summed E-state index contributed by atoms with van der Waals surface area (Å²) < 4.78 is 0. The molecule has 0 amide bonds. The zero-order valence-corrected chi connectivity index (χ0v) is 8.30. The summed E-state index contributed by atoms with van der Waals surface area (Å²) in [6.45, 7) is 1.80. The van der Waals surface area contributed by atoms with Crippen LogP contribution in [0.1, 0.15) is 17.5 Å². The van der Waals surface area contributed by atoms with Gasteiger partial charge >= 0.3 is 0 Å². The maximum atomic E-state index is 10.5. The molecule has 0 aliphatic heterocycles. The van der Waals surface area contributed by atoms with Crippen molar-refractivity contribution in [1.29, 1.82) is 5.26 Å². The Morgan fingerprint density at radius 2 is 2.33 bits per heavy atom. The van der Waals surface area contributed by atoms with Gasteiger partial charge in [-0.25, -0.2) is 0 Å². The smallest absolute Gasteiger partial charge is 0.258 e. The van der Waals surface area contributed by atoms with Gasteiger partial charge < -0.3 is 0 Å². The molecular weight excluding hydrogens is 192 g/mol. The van der Waals surface area contributed by atoms with Crippen molar-refractivity contribution in [3.05, 3.63) is 45.5 Å². The summed E-state index contributed by atoms with van der Waals surface area (Å²) in [4.78, 5) is 10.0. The van der Waals surface area contributed by atoms with Crippen molar-refractivity contribution in [2.75, 3.05) is 0 Å². The second-order valence-electron chi connectivity index (χ2n) is 3.06. The number of allylic oxidation sites excluding steroid dienone is 1. The summed E-state index contributed by atoms with van der Waals surface area (Å²) in [6.07, 6.45) is 3.87. The van der Waals surface area contributed by atoms with Crippen LogP contribution in [0.25, 0.3) is 6.08 Å². The molecule has 0 aliphatic rings. The molecule has 0 saturated heterocycles. The lowest BCUT2D eigenvalue weighted by Gasteiger charge is -1.99. The molecule has 0 atom stereocenters. The number of hydrogen-bond acceptors (Lipinski definition) is 3. The van der Waals surface area contributed by atoms with E-state index in [0.717, 1.165) is 11.1 Å². The number of benzene rings is 1. The van der Waals surface area contributed by atoms with Crippen LogP contribution in [-0.4, -0.2) is 4.92 Å². The van der Waals surface area contributed by atoms with E-state index >= 15 is 0 Å². The third-order valence-corrected chi connectivity index (χ3v) is 1.97. The molecule has 1 rings (SSSR count). The maximum absolute atomic E-state index is 10.5. The molecule has 0 unspecified atom stereocenters. The minimum atomic E-state index is -0.421. The number of nitro groups is 1. The van der Waals surface area contributed by atoms with Crippen LogP contribution in [0, 0.1) is 28.4 Å². The Labute approximate surface area is 87.6 Å². The van der Waals surface area contributed by atoms with Gasteiger partial charge in [-0.2, -0.15) is 5.26 Å². The third-order valence-electron chi connectivity index (χ3n) is 1.97. The number of aryl methyl sites for hydroxylation is 1. The number of non-ortho nitro benzene ring substituents is 1. The van der Waals surface area contributed by atoms with E-state index < -0.39 is 4.92 Å². The zero-order valence-electron chi connectivity index (χ0n) is 8.30. The van der Waals surface area contributed by atoms with Crippen molar-refractivity contribution in [3.63, 3.8) is 0 Å². The van der Waals surface area contributed by atoms with E-state index in [1.165, 1.54) is 12.1 Å². The molecule has 4 heteroatoms. The highest BCUT2D eigenvalue weighted by Gasteiger charge is 2.05. The average Bonchev–Trinajstić information content (AvgIpc) is 2.20. The highest BCUT2D eigenvalue weighted by atomic mass is 16.6. The van der Waals surface area contributed by atoms with Gasteiger partial charge in [0.2, 0.25) is 0 Å². The van der Waals surface area contributed by atoms with Crippen LogP contribution in [0.2, 0.25) is 0 Å². The summed E-state index contributed by atoms with van der Waals surface area (Å²) in [5.41, 5.74) is 1.82. The van der Waals surface area contributed by atoms with Gasteiger partial charge in [0.05, 0.1) is 17.4 Å². The summed E-state index contributed by atoms with van der Waals surface area (Å²) in [7, 11) is 0. The Balaban J connectivity index is 2.94. The minimum Gasteiger partial charge on any atom is -0.258 e. The molecule has 0 radical (unpaired) electrons. The highest BCUT2D eigenvalue weighted by molar-refractivity contribution is 5.56. The lowest BCUT2D eigenvalue weighted by molar-refractivity contribution is -0.384. The summed E-state index contributed by atoms with van der Waals surface area (Å²) in [6, 6.07) is 6.65. The van der Waals surface area contributed by atoms with Crippen molar-refractivity contribution < 1.29 is 4.92 Å². The predicted octanol–water partition coefficient (Wildman–Crippen LogP) is 2.83. The SMILES string of the molecule is Cc1cc([N+](=O)[O-])ccc1C=CCC#N. The molecule has 0 bridgehead atoms. The Kier molecular flexibility index (Phi) is 3.58. The second kappa shape index (κ2) is 4.91. The Bertz CT molecular complexity index is 444. The first kappa shape index (κ1) is 10.9.